The molecule has 6 nitrogen and oxygen atoms in total. The highest BCUT2D eigenvalue weighted by Crippen LogP contribution is 2.25. The average Bonchev–Trinajstić information content (AvgIpc) is 3.33. The number of H-pyrrole nitrogens is 1. The van der Waals surface area contributed by atoms with Crippen molar-refractivity contribution < 1.29 is 13.9 Å². The van der Waals surface area contributed by atoms with Gasteiger partial charge in [-0.15, -0.1) is 0 Å². The number of ether oxygens (including phenoxy) is 1. The smallest absolute Gasteiger partial charge is 0.255 e. The van der Waals surface area contributed by atoms with Crippen LogP contribution in [0.4, 0.5) is 4.39 Å². The molecule has 0 spiro atoms. The van der Waals surface area contributed by atoms with Crippen LogP contribution in [0.2, 0.25) is 0 Å². The number of hydrogen-bond donors (Lipinski definition) is 2. The van der Waals surface area contributed by atoms with Crippen molar-refractivity contribution >= 4 is 5.91 Å². The minimum atomic E-state index is -0.407. The summed E-state index contributed by atoms with van der Waals surface area (Å²) in [5.41, 5.74) is 2.15. The quantitative estimate of drug-likeness (QED) is 0.727. The second-order valence-electron chi connectivity index (χ2n) is 6.58. The molecule has 2 N–H and O–H groups in total. The zero-order valence-electron chi connectivity index (χ0n) is 14.6. The fraction of sp³-hybridized carbons (Fsp3) is 0.250. The number of aromatic nitrogens is 3. The summed E-state index contributed by atoms with van der Waals surface area (Å²) < 4.78 is 19.7. The third-order valence-electron chi connectivity index (χ3n) is 4.79. The summed E-state index contributed by atoms with van der Waals surface area (Å²) in [7, 11) is 0. The molecule has 3 heterocycles. The van der Waals surface area contributed by atoms with Crippen molar-refractivity contribution in [2.45, 2.75) is 12.5 Å². The second-order valence-corrected chi connectivity index (χ2v) is 6.58. The number of carbonyl (C=O) groups is 1. The first-order valence-electron chi connectivity index (χ1n) is 8.78. The lowest BCUT2D eigenvalue weighted by molar-refractivity contribution is 0.0926. The molecular formula is C20H19FN4O2. The van der Waals surface area contributed by atoms with E-state index in [1.807, 2.05) is 12.1 Å². The molecule has 1 aromatic carbocycles. The summed E-state index contributed by atoms with van der Waals surface area (Å²) in [4.78, 5) is 16.8. The molecule has 0 saturated carbocycles. The molecule has 1 saturated heterocycles. The van der Waals surface area contributed by atoms with E-state index in [2.05, 4.69) is 20.5 Å². The molecule has 7 heteroatoms. The average molecular weight is 366 g/mol. The van der Waals surface area contributed by atoms with E-state index in [-0.39, 0.29) is 17.9 Å². The maximum Gasteiger partial charge on any atom is 0.255 e. The standard InChI is InChI=1S/C20H19FN4O2/c21-17-4-2-1-3-15(17)19-16(10-23-25-19)20(26)24-18-12-27-11-14(18)9-13-5-7-22-8-6-13/h1-8,10,14,18H,9,11-12H2,(H,23,25)(H,24,26)/t14-,18+/m1/s1. The Morgan fingerprint density at radius 3 is 2.85 bits per heavy atom. The summed E-state index contributed by atoms with van der Waals surface area (Å²) in [6.07, 6.45) is 5.72. The van der Waals surface area contributed by atoms with Crippen LogP contribution in [-0.2, 0) is 11.2 Å². The Bertz CT molecular complexity index is 928. The van der Waals surface area contributed by atoms with Crippen molar-refractivity contribution in [1.82, 2.24) is 20.5 Å². The lowest BCUT2D eigenvalue weighted by Crippen LogP contribution is -2.40. The van der Waals surface area contributed by atoms with E-state index in [0.29, 0.717) is 30.0 Å². The number of benzene rings is 1. The zero-order chi connectivity index (χ0) is 18.6. The van der Waals surface area contributed by atoms with Gasteiger partial charge in [-0.1, -0.05) is 12.1 Å². The lowest BCUT2D eigenvalue weighted by atomic mass is 9.95. The molecule has 1 aliphatic rings. The van der Waals surface area contributed by atoms with Gasteiger partial charge in [-0.2, -0.15) is 5.10 Å². The molecule has 4 rings (SSSR count). The number of amides is 1. The molecule has 0 bridgehead atoms. The first-order valence-corrected chi connectivity index (χ1v) is 8.78. The van der Waals surface area contributed by atoms with Crippen molar-refractivity contribution in [3.05, 3.63) is 71.9 Å². The second kappa shape index (κ2) is 7.67. The van der Waals surface area contributed by atoms with Crippen LogP contribution >= 0.6 is 0 Å². The third-order valence-corrected chi connectivity index (χ3v) is 4.79. The molecule has 27 heavy (non-hydrogen) atoms. The summed E-state index contributed by atoms with van der Waals surface area (Å²) >= 11 is 0. The van der Waals surface area contributed by atoms with Crippen molar-refractivity contribution in [2.24, 2.45) is 5.92 Å². The summed E-state index contributed by atoms with van der Waals surface area (Å²) in [5.74, 6) is -0.534. The van der Waals surface area contributed by atoms with Crippen molar-refractivity contribution in [2.75, 3.05) is 13.2 Å². The van der Waals surface area contributed by atoms with Gasteiger partial charge in [-0.3, -0.25) is 14.9 Å². The Kier molecular flexibility index (Phi) is 4.93. The van der Waals surface area contributed by atoms with E-state index >= 15 is 0 Å². The minimum Gasteiger partial charge on any atom is -0.379 e. The topological polar surface area (TPSA) is 79.9 Å². The monoisotopic (exact) mass is 366 g/mol. The van der Waals surface area contributed by atoms with Gasteiger partial charge < -0.3 is 10.1 Å². The van der Waals surface area contributed by atoms with Crippen LogP contribution in [0.15, 0.2) is 55.0 Å². The predicted octanol–water partition coefficient (Wildman–Crippen LogP) is 2.60. The summed E-state index contributed by atoms with van der Waals surface area (Å²) in [6, 6.07) is 10.1. The number of aromatic amines is 1. The van der Waals surface area contributed by atoms with E-state index in [1.54, 1.807) is 30.6 Å². The number of hydrogen-bond acceptors (Lipinski definition) is 4. The third kappa shape index (κ3) is 3.73. The van der Waals surface area contributed by atoms with Gasteiger partial charge in [-0.05, 0) is 36.2 Å². The molecule has 0 aliphatic carbocycles. The van der Waals surface area contributed by atoms with Crippen LogP contribution in [0.25, 0.3) is 11.3 Å². The maximum atomic E-state index is 14.1. The molecule has 138 valence electrons. The number of carbonyl (C=O) groups excluding carboxylic acids is 1. The predicted molar refractivity (Wildman–Crippen MR) is 97.5 cm³/mol. The molecule has 2 atom stereocenters. The largest absolute Gasteiger partial charge is 0.379 e. The fourth-order valence-electron chi connectivity index (χ4n) is 3.35. The molecule has 1 fully saturated rings. The Morgan fingerprint density at radius 1 is 1.22 bits per heavy atom. The maximum absolute atomic E-state index is 14.1. The first-order chi connectivity index (χ1) is 13.2. The highest BCUT2D eigenvalue weighted by molar-refractivity contribution is 6.00. The van der Waals surface area contributed by atoms with Crippen LogP contribution < -0.4 is 5.32 Å². The molecule has 2 aromatic heterocycles. The van der Waals surface area contributed by atoms with Crippen LogP contribution in [-0.4, -0.2) is 40.3 Å². The van der Waals surface area contributed by atoms with Gasteiger partial charge >= 0.3 is 0 Å². The molecule has 1 aliphatic heterocycles. The molecular weight excluding hydrogens is 347 g/mol. The Labute approximate surface area is 155 Å². The van der Waals surface area contributed by atoms with E-state index in [9.17, 15) is 9.18 Å². The summed E-state index contributed by atoms with van der Waals surface area (Å²) in [5, 5.41) is 9.68. The van der Waals surface area contributed by atoms with Gasteiger partial charge in [0.2, 0.25) is 0 Å². The van der Waals surface area contributed by atoms with Gasteiger partial charge in [0, 0.05) is 23.9 Å². The molecule has 3 aromatic rings. The van der Waals surface area contributed by atoms with Crippen molar-refractivity contribution in [3.63, 3.8) is 0 Å². The van der Waals surface area contributed by atoms with Gasteiger partial charge in [0.1, 0.15) is 5.82 Å². The zero-order valence-corrected chi connectivity index (χ0v) is 14.6. The number of pyridine rings is 1. The first kappa shape index (κ1) is 17.4. The Hall–Kier alpha value is -3.06. The van der Waals surface area contributed by atoms with Crippen LogP contribution in [0, 0.1) is 11.7 Å². The van der Waals surface area contributed by atoms with E-state index in [0.717, 1.165) is 12.0 Å². The minimum absolute atomic E-state index is 0.117. The van der Waals surface area contributed by atoms with E-state index in [1.165, 1.54) is 12.3 Å². The molecule has 0 unspecified atom stereocenters. The van der Waals surface area contributed by atoms with Crippen LogP contribution in [0.3, 0.4) is 0 Å². The lowest BCUT2D eigenvalue weighted by Gasteiger charge is -2.19. The normalized spacial score (nSPS) is 19.1. The van der Waals surface area contributed by atoms with Crippen LogP contribution in [0.1, 0.15) is 15.9 Å². The number of nitrogens with zero attached hydrogens (tertiary/aromatic N) is 2. The summed E-state index contributed by atoms with van der Waals surface area (Å²) in [6.45, 7) is 1.03. The van der Waals surface area contributed by atoms with E-state index in [4.69, 9.17) is 4.74 Å². The van der Waals surface area contributed by atoms with Crippen molar-refractivity contribution in [1.29, 1.82) is 0 Å². The van der Waals surface area contributed by atoms with Gasteiger partial charge in [0.05, 0.1) is 36.7 Å². The van der Waals surface area contributed by atoms with Gasteiger partial charge in [0.15, 0.2) is 0 Å². The highest BCUT2D eigenvalue weighted by Gasteiger charge is 2.31. The number of halogens is 1. The van der Waals surface area contributed by atoms with Crippen LogP contribution in [0.5, 0.6) is 0 Å². The van der Waals surface area contributed by atoms with Gasteiger partial charge in [0.25, 0.3) is 5.91 Å². The molecule has 1 amide bonds. The van der Waals surface area contributed by atoms with E-state index < -0.39 is 5.82 Å². The van der Waals surface area contributed by atoms with Crippen molar-refractivity contribution in [3.8, 4) is 11.3 Å². The highest BCUT2D eigenvalue weighted by atomic mass is 19.1. The van der Waals surface area contributed by atoms with Gasteiger partial charge in [-0.25, -0.2) is 4.39 Å². The number of rotatable bonds is 5. The molecule has 0 radical (unpaired) electrons. The SMILES string of the molecule is O=C(N[C@H]1COC[C@H]1Cc1ccncc1)c1cn[nH]c1-c1ccccc1F. The Balaban J connectivity index is 1.50. The number of nitrogens with one attached hydrogen (secondary N) is 2. The Morgan fingerprint density at radius 2 is 2.04 bits per heavy atom. The fourth-order valence-corrected chi connectivity index (χ4v) is 3.35.